The molecule has 3 nitrogen and oxygen atoms in total. The van der Waals surface area contributed by atoms with Gasteiger partial charge >= 0.3 is 6.18 Å². The molecule has 0 aliphatic heterocycles. The van der Waals surface area contributed by atoms with Crippen LogP contribution in [0, 0.1) is 6.92 Å². The maximum absolute atomic E-state index is 13.4. The van der Waals surface area contributed by atoms with E-state index in [1.807, 2.05) is 26.8 Å². The van der Waals surface area contributed by atoms with Crippen LogP contribution in [0.15, 0.2) is 48.5 Å². The van der Waals surface area contributed by atoms with Crippen LogP contribution in [0.3, 0.4) is 0 Å². The van der Waals surface area contributed by atoms with E-state index >= 15 is 0 Å². The third kappa shape index (κ3) is 5.67. The van der Waals surface area contributed by atoms with Crippen molar-refractivity contribution >= 4 is 0 Å². The molecule has 0 saturated carbocycles. The molecular weight excluding hydrogens is 427 g/mol. The number of rotatable bonds is 8. The minimum atomic E-state index is -4.49. The summed E-state index contributed by atoms with van der Waals surface area (Å²) in [6.07, 6.45) is -2.88. The van der Waals surface area contributed by atoms with Crippen LogP contribution in [-0.4, -0.2) is 11.1 Å². The van der Waals surface area contributed by atoms with Crippen LogP contribution in [0.2, 0.25) is 0 Å². The highest BCUT2D eigenvalue weighted by molar-refractivity contribution is 5.70. The van der Waals surface area contributed by atoms with Gasteiger partial charge in [0, 0.05) is 17.3 Å². The van der Waals surface area contributed by atoms with Crippen molar-refractivity contribution in [1.82, 2.24) is 4.98 Å². The van der Waals surface area contributed by atoms with E-state index in [2.05, 4.69) is 32.0 Å². The number of hydrogen-bond acceptors (Lipinski definition) is 3. The Kier molecular flexibility index (Phi) is 7.67. The van der Waals surface area contributed by atoms with Gasteiger partial charge in [-0.2, -0.15) is 13.2 Å². The lowest BCUT2D eigenvalue weighted by Crippen LogP contribution is -2.13. The number of halogens is 3. The van der Waals surface area contributed by atoms with Gasteiger partial charge in [0.15, 0.2) is 0 Å². The summed E-state index contributed by atoms with van der Waals surface area (Å²) < 4.78 is 51.8. The number of ether oxygens (including phenoxy) is 2. The van der Waals surface area contributed by atoms with Crippen LogP contribution >= 0.6 is 0 Å². The lowest BCUT2D eigenvalue weighted by molar-refractivity contribution is -0.139. The van der Waals surface area contributed by atoms with Crippen LogP contribution in [0.4, 0.5) is 13.2 Å². The number of pyridine rings is 1. The second-order valence-corrected chi connectivity index (χ2v) is 8.18. The Morgan fingerprint density at radius 3 is 2.12 bits per heavy atom. The Labute approximate surface area is 193 Å². The van der Waals surface area contributed by atoms with Crippen molar-refractivity contribution in [2.75, 3.05) is 0 Å². The molecule has 0 aliphatic carbocycles. The zero-order valence-electron chi connectivity index (χ0n) is 19.7. The molecule has 176 valence electrons. The fourth-order valence-electron chi connectivity index (χ4n) is 3.88. The predicted molar refractivity (Wildman–Crippen MR) is 125 cm³/mol. The maximum Gasteiger partial charge on any atom is 0.419 e. The fraction of sp³-hybridized carbons (Fsp3) is 0.370. The lowest BCUT2D eigenvalue weighted by Gasteiger charge is -2.20. The lowest BCUT2D eigenvalue weighted by atomic mass is 9.94. The third-order valence-electron chi connectivity index (χ3n) is 5.47. The van der Waals surface area contributed by atoms with Gasteiger partial charge in [0.1, 0.15) is 18.1 Å². The Bertz CT molecular complexity index is 1080. The highest BCUT2D eigenvalue weighted by Gasteiger charge is 2.34. The standard InChI is InChI=1S/C27H30F3NO2/c1-6-19-11-10-12-20(7-2)26(19)23-15-25(33-17(3)4)21(18(5)31-23)16-32-24-14-9-8-13-22(24)27(28,29)30/h8-15,17H,6-7,16H2,1-5H3. The maximum atomic E-state index is 13.4. The molecule has 0 N–H and O–H groups in total. The summed E-state index contributed by atoms with van der Waals surface area (Å²) in [6.45, 7) is 9.80. The van der Waals surface area contributed by atoms with Crippen molar-refractivity contribution in [3.05, 3.63) is 76.5 Å². The van der Waals surface area contributed by atoms with Crippen molar-refractivity contribution in [3.8, 4) is 22.8 Å². The minimum Gasteiger partial charge on any atom is -0.490 e. The van der Waals surface area contributed by atoms with E-state index in [1.54, 1.807) is 0 Å². The summed E-state index contributed by atoms with van der Waals surface area (Å²) in [5.74, 6) is 0.360. The number of aromatic nitrogens is 1. The molecule has 33 heavy (non-hydrogen) atoms. The van der Waals surface area contributed by atoms with Gasteiger partial charge in [-0.25, -0.2) is 0 Å². The van der Waals surface area contributed by atoms with E-state index in [4.69, 9.17) is 14.5 Å². The molecule has 0 bridgehead atoms. The van der Waals surface area contributed by atoms with Gasteiger partial charge in [-0.3, -0.25) is 4.98 Å². The van der Waals surface area contributed by atoms with Crippen LogP contribution in [0.25, 0.3) is 11.3 Å². The number of para-hydroxylation sites is 1. The molecule has 0 spiro atoms. The Balaban J connectivity index is 2.05. The Hall–Kier alpha value is -3.02. The SMILES string of the molecule is CCc1cccc(CC)c1-c1cc(OC(C)C)c(COc2ccccc2C(F)(F)F)c(C)n1. The average Bonchev–Trinajstić information content (AvgIpc) is 2.77. The van der Waals surface area contributed by atoms with Gasteiger partial charge in [-0.15, -0.1) is 0 Å². The van der Waals surface area contributed by atoms with Crippen LogP contribution < -0.4 is 9.47 Å². The van der Waals surface area contributed by atoms with Crippen molar-refractivity contribution in [2.45, 2.75) is 66.3 Å². The van der Waals surface area contributed by atoms with Crippen molar-refractivity contribution in [3.63, 3.8) is 0 Å². The molecule has 0 radical (unpaired) electrons. The number of alkyl halides is 3. The normalized spacial score (nSPS) is 11.7. The van der Waals surface area contributed by atoms with Crippen molar-refractivity contribution < 1.29 is 22.6 Å². The molecule has 0 atom stereocenters. The molecule has 1 heterocycles. The highest BCUT2D eigenvalue weighted by Crippen LogP contribution is 2.38. The fourth-order valence-corrected chi connectivity index (χ4v) is 3.88. The van der Waals surface area contributed by atoms with E-state index in [-0.39, 0.29) is 18.5 Å². The van der Waals surface area contributed by atoms with Crippen LogP contribution in [0.5, 0.6) is 11.5 Å². The van der Waals surface area contributed by atoms with Gasteiger partial charge in [0.05, 0.1) is 22.9 Å². The van der Waals surface area contributed by atoms with Crippen LogP contribution in [-0.2, 0) is 25.6 Å². The van der Waals surface area contributed by atoms with E-state index < -0.39 is 11.7 Å². The molecule has 6 heteroatoms. The first-order chi connectivity index (χ1) is 15.7. The molecule has 3 aromatic rings. The molecule has 0 unspecified atom stereocenters. The summed E-state index contributed by atoms with van der Waals surface area (Å²) >= 11 is 0. The molecular formula is C27H30F3NO2. The predicted octanol–water partition coefficient (Wildman–Crippen LogP) is 7.57. The van der Waals surface area contributed by atoms with Crippen LogP contribution in [0.1, 0.15) is 55.6 Å². The first kappa shape index (κ1) is 24.6. The molecule has 2 aromatic carbocycles. The highest BCUT2D eigenvalue weighted by atomic mass is 19.4. The molecule has 1 aromatic heterocycles. The second kappa shape index (κ2) is 10.3. The second-order valence-electron chi connectivity index (χ2n) is 8.18. The van der Waals surface area contributed by atoms with Gasteiger partial charge in [-0.05, 0) is 56.9 Å². The molecule has 3 rings (SSSR count). The van der Waals surface area contributed by atoms with Gasteiger partial charge in [0.2, 0.25) is 0 Å². The topological polar surface area (TPSA) is 31.4 Å². The van der Waals surface area contributed by atoms with Crippen molar-refractivity contribution in [2.24, 2.45) is 0 Å². The smallest absolute Gasteiger partial charge is 0.419 e. The first-order valence-corrected chi connectivity index (χ1v) is 11.2. The number of aryl methyl sites for hydroxylation is 3. The monoisotopic (exact) mass is 457 g/mol. The summed E-state index contributed by atoms with van der Waals surface area (Å²) in [7, 11) is 0. The summed E-state index contributed by atoms with van der Waals surface area (Å²) in [4.78, 5) is 4.83. The zero-order chi connectivity index (χ0) is 24.2. The zero-order valence-corrected chi connectivity index (χ0v) is 19.7. The van der Waals surface area contributed by atoms with E-state index in [0.717, 1.165) is 30.2 Å². The van der Waals surface area contributed by atoms with Gasteiger partial charge < -0.3 is 9.47 Å². The Morgan fingerprint density at radius 2 is 1.55 bits per heavy atom. The summed E-state index contributed by atoms with van der Waals surface area (Å²) in [5, 5.41) is 0. The molecule has 0 amide bonds. The third-order valence-corrected chi connectivity index (χ3v) is 5.47. The first-order valence-electron chi connectivity index (χ1n) is 11.2. The minimum absolute atomic E-state index is 0.0790. The largest absolute Gasteiger partial charge is 0.490 e. The van der Waals surface area contributed by atoms with Crippen molar-refractivity contribution in [1.29, 1.82) is 0 Å². The number of hydrogen-bond donors (Lipinski definition) is 0. The molecule has 0 aliphatic rings. The van der Waals surface area contributed by atoms with Gasteiger partial charge in [0.25, 0.3) is 0 Å². The van der Waals surface area contributed by atoms with Gasteiger partial charge in [-0.1, -0.05) is 44.2 Å². The number of benzene rings is 2. The van der Waals surface area contributed by atoms with E-state index in [9.17, 15) is 13.2 Å². The summed E-state index contributed by atoms with van der Waals surface area (Å²) in [6, 6.07) is 13.4. The average molecular weight is 458 g/mol. The summed E-state index contributed by atoms with van der Waals surface area (Å²) in [5.41, 5.74) is 4.78. The molecule has 0 saturated heterocycles. The van der Waals surface area contributed by atoms with E-state index in [1.165, 1.54) is 29.3 Å². The number of nitrogens with zero attached hydrogens (tertiary/aromatic N) is 1. The van der Waals surface area contributed by atoms with E-state index in [0.29, 0.717) is 17.0 Å². The quantitative estimate of drug-likeness (QED) is 0.350. The Morgan fingerprint density at radius 1 is 0.909 bits per heavy atom. The molecule has 0 fully saturated rings.